The fourth-order valence-electron chi connectivity index (χ4n) is 2.84. The van der Waals surface area contributed by atoms with Gasteiger partial charge in [0.05, 0.1) is 18.8 Å². The molecule has 2 aromatic heterocycles. The second-order valence-electron chi connectivity index (χ2n) is 6.07. The molecular weight excluding hydrogens is 531 g/mol. The number of aliphatic imine (C=N–C) groups is 1. The lowest BCUT2D eigenvalue weighted by atomic mass is 10.1. The number of halogens is 3. The molecule has 4 rings (SSSR count). The minimum Gasteiger partial charge on any atom is -0.454 e. The first-order valence-corrected chi connectivity index (χ1v) is 9.81. The van der Waals surface area contributed by atoms with E-state index in [0.29, 0.717) is 36.1 Å². The van der Waals surface area contributed by atoms with Crippen molar-refractivity contribution in [3.8, 4) is 17.2 Å². The van der Waals surface area contributed by atoms with E-state index in [4.69, 9.17) is 9.47 Å². The Balaban J connectivity index is 0.00000256. The van der Waals surface area contributed by atoms with Crippen LogP contribution in [-0.4, -0.2) is 35.3 Å². The van der Waals surface area contributed by atoms with Crippen LogP contribution in [0.3, 0.4) is 0 Å². The Kier molecular flexibility index (Phi) is 7.53. The van der Waals surface area contributed by atoms with Crippen molar-refractivity contribution < 1.29 is 23.0 Å². The molecule has 3 heterocycles. The van der Waals surface area contributed by atoms with Gasteiger partial charge in [0.25, 0.3) is 0 Å². The molecular formula is C18H20F2IN5O3S. The summed E-state index contributed by atoms with van der Waals surface area (Å²) in [7, 11) is 0. The summed E-state index contributed by atoms with van der Waals surface area (Å²) in [5.41, 5.74) is 1.33. The molecule has 162 valence electrons. The summed E-state index contributed by atoms with van der Waals surface area (Å²) < 4.78 is 42.7. The van der Waals surface area contributed by atoms with Crippen molar-refractivity contribution in [2.45, 2.75) is 26.6 Å². The van der Waals surface area contributed by atoms with Gasteiger partial charge in [0, 0.05) is 35.9 Å². The summed E-state index contributed by atoms with van der Waals surface area (Å²) in [6.45, 7) is 0.275. The molecule has 8 nitrogen and oxygen atoms in total. The molecule has 2 N–H and O–H groups in total. The van der Waals surface area contributed by atoms with Crippen molar-refractivity contribution in [2.75, 3.05) is 13.3 Å². The van der Waals surface area contributed by atoms with Crippen LogP contribution in [0.4, 0.5) is 8.78 Å². The molecule has 0 radical (unpaired) electrons. The van der Waals surface area contributed by atoms with Crippen LogP contribution in [0.25, 0.3) is 4.96 Å². The van der Waals surface area contributed by atoms with Crippen LogP contribution < -0.4 is 24.8 Å². The maximum atomic E-state index is 12.8. The highest BCUT2D eigenvalue weighted by Crippen LogP contribution is 2.39. The molecule has 0 fully saturated rings. The number of aromatic nitrogens is 2. The van der Waals surface area contributed by atoms with Gasteiger partial charge in [-0.2, -0.15) is 8.78 Å². The van der Waals surface area contributed by atoms with Crippen molar-refractivity contribution in [1.29, 1.82) is 0 Å². The second-order valence-corrected chi connectivity index (χ2v) is 6.94. The molecule has 0 unspecified atom stereocenters. The average molecular weight is 551 g/mol. The first kappa shape index (κ1) is 22.3. The van der Waals surface area contributed by atoms with Gasteiger partial charge in [0.2, 0.25) is 6.79 Å². The Bertz CT molecular complexity index is 998. The highest BCUT2D eigenvalue weighted by atomic mass is 127. The van der Waals surface area contributed by atoms with E-state index in [0.717, 1.165) is 10.7 Å². The summed E-state index contributed by atoms with van der Waals surface area (Å²) >= 11 is 1.56. The molecule has 0 amide bonds. The zero-order chi connectivity index (χ0) is 20.2. The Morgan fingerprint density at radius 2 is 2.13 bits per heavy atom. The van der Waals surface area contributed by atoms with Crippen LogP contribution in [0.5, 0.6) is 17.2 Å². The van der Waals surface area contributed by atoms with E-state index in [1.165, 1.54) is 6.07 Å². The first-order chi connectivity index (χ1) is 14.1. The summed E-state index contributed by atoms with van der Waals surface area (Å²) in [6.07, 6.45) is 3.88. The van der Waals surface area contributed by atoms with Gasteiger partial charge in [-0.05, 0) is 13.0 Å². The maximum absolute atomic E-state index is 12.8. The molecule has 1 aromatic carbocycles. The third-order valence-corrected chi connectivity index (χ3v) is 4.87. The molecule has 0 atom stereocenters. The van der Waals surface area contributed by atoms with E-state index in [1.807, 2.05) is 29.1 Å². The number of thiazole rings is 1. The van der Waals surface area contributed by atoms with Crippen molar-refractivity contribution in [2.24, 2.45) is 4.99 Å². The number of guanidine groups is 1. The summed E-state index contributed by atoms with van der Waals surface area (Å²) in [5, 5.41) is 8.29. The second kappa shape index (κ2) is 10.1. The fourth-order valence-corrected chi connectivity index (χ4v) is 3.56. The molecule has 30 heavy (non-hydrogen) atoms. The third kappa shape index (κ3) is 5.22. The first-order valence-electron chi connectivity index (χ1n) is 8.93. The molecule has 0 aliphatic carbocycles. The normalized spacial score (nSPS) is 12.9. The molecule has 3 aromatic rings. The SMILES string of the molecule is CCNC(=NCc1cc2c(cc1OC(F)F)OCO2)NCc1cn2ccsc2n1.I. The zero-order valence-electron chi connectivity index (χ0n) is 15.9. The molecule has 1 aliphatic heterocycles. The number of hydrogen-bond donors (Lipinski definition) is 2. The van der Waals surface area contributed by atoms with Crippen molar-refractivity contribution in [1.82, 2.24) is 20.0 Å². The molecule has 0 spiro atoms. The van der Waals surface area contributed by atoms with E-state index in [-0.39, 0.29) is 43.1 Å². The van der Waals surface area contributed by atoms with Gasteiger partial charge in [-0.25, -0.2) is 9.98 Å². The number of imidazole rings is 1. The van der Waals surface area contributed by atoms with Crippen LogP contribution in [0, 0.1) is 0 Å². The third-order valence-electron chi connectivity index (χ3n) is 4.10. The van der Waals surface area contributed by atoms with Gasteiger partial charge < -0.3 is 24.8 Å². The van der Waals surface area contributed by atoms with Crippen molar-refractivity contribution in [3.05, 3.63) is 41.2 Å². The highest BCUT2D eigenvalue weighted by molar-refractivity contribution is 14.0. The van der Waals surface area contributed by atoms with Gasteiger partial charge in [0.15, 0.2) is 22.4 Å². The van der Waals surface area contributed by atoms with Crippen molar-refractivity contribution in [3.63, 3.8) is 0 Å². The van der Waals surface area contributed by atoms with E-state index in [2.05, 4.69) is 25.3 Å². The van der Waals surface area contributed by atoms with Crippen LogP contribution in [0.2, 0.25) is 0 Å². The van der Waals surface area contributed by atoms with Gasteiger partial charge in [-0.15, -0.1) is 35.3 Å². The predicted molar refractivity (Wildman–Crippen MR) is 119 cm³/mol. The Labute approximate surface area is 192 Å². The number of nitrogens with zero attached hydrogens (tertiary/aromatic N) is 3. The summed E-state index contributed by atoms with van der Waals surface area (Å²) in [4.78, 5) is 9.90. The smallest absolute Gasteiger partial charge is 0.387 e. The summed E-state index contributed by atoms with van der Waals surface area (Å²) in [5.74, 6) is 1.40. The van der Waals surface area contributed by atoms with Crippen LogP contribution in [-0.2, 0) is 13.1 Å². The van der Waals surface area contributed by atoms with Gasteiger partial charge >= 0.3 is 6.61 Å². The maximum Gasteiger partial charge on any atom is 0.387 e. The molecule has 0 saturated carbocycles. The number of nitrogens with one attached hydrogen (secondary N) is 2. The van der Waals surface area contributed by atoms with E-state index >= 15 is 0 Å². The van der Waals surface area contributed by atoms with Crippen LogP contribution in [0.1, 0.15) is 18.2 Å². The zero-order valence-corrected chi connectivity index (χ0v) is 19.1. The lowest BCUT2D eigenvalue weighted by molar-refractivity contribution is -0.0505. The number of ether oxygens (including phenoxy) is 3. The standard InChI is InChI=1S/C18H19F2N5O3S.HI/c1-2-21-17(23-8-12-9-25-3-4-29-18(25)24-12)22-7-11-5-14-15(27-10-26-14)6-13(11)28-16(19)20;/h3-6,9,16H,2,7-8,10H2,1H3,(H2,21,22,23);1H. The quantitative estimate of drug-likeness (QED) is 0.266. The Hall–Kier alpha value is -2.35. The molecule has 0 saturated heterocycles. The van der Waals surface area contributed by atoms with Crippen LogP contribution >= 0.6 is 35.3 Å². The molecule has 0 bridgehead atoms. The van der Waals surface area contributed by atoms with Crippen LogP contribution in [0.15, 0.2) is 34.9 Å². The summed E-state index contributed by atoms with van der Waals surface area (Å²) in [6, 6.07) is 3.01. The van der Waals surface area contributed by atoms with Crippen molar-refractivity contribution >= 4 is 46.2 Å². The van der Waals surface area contributed by atoms with Gasteiger partial charge in [-0.1, -0.05) is 0 Å². The van der Waals surface area contributed by atoms with E-state index in [1.54, 1.807) is 17.4 Å². The largest absolute Gasteiger partial charge is 0.454 e. The fraction of sp³-hybridized carbons (Fsp3) is 0.333. The topological polar surface area (TPSA) is 81.4 Å². The lowest BCUT2D eigenvalue weighted by Gasteiger charge is -2.13. The predicted octanol–water partition coefficient (Wildman–Crippen LogP) is 3.60. The van der Waals surface area contributed by atoms with E-state index in [9.17, 15) is 8.78 Å². The Morgan fingerprint density at radius 1 is 1.33 bits per heavy atom. The number of alkyl halides is 2. The molecule has 1 aliphatic rings. The van der Waals surface area contributed by atoms with E-state index < -0.39 is 6.61 Å². The monoisotopic (exact) mass is 551 g/mol. The Morgan fingerprint density at radius 3 is 2.87 bits per heavy atom. The number of hydrogen-bond acceptors (Lipinski definition) is 6. The molecule has 12 heteroatoms. The number of benzene rings is 1. The number of fused-ring (bicyclic) bond motifs is 2. The minimum absolute atomic E-state index is 0. The number of rotatable bonds is 7. The lowest BCUT2D eigenvalue weighted by Crippen LogP contribution is -2.36. The average Bonchev–Trinajstić information content (AvgIpc) is 3.39. The van der Waals surface area contributed by atoms with Gasteiger partial charge in [0.1, 0.15) is 5.75 Å². The minimum atomic E-state index is -2.95. The highest BCUT2D eigenvalue weighted by Gasteiger charge is 2.20. The van der Waals surface area contributed by atoms with Gasteiger partial charge in [-0.3, -0.25) is 4.40 Å².